The number of benzene rings is 2. The molecule has 0 spiro atoms. The first-order valence-electron chi connectivity index (χ1n) is 7.89. The molecule has 0 radical (unpaired) electrons. The van der Waals surface area contributed by atoms with Gasteiger partial charge in [-0.1, -0.05) is 40.9 Å². The van der Waals surface area contributed by atoms with E-state index in [9.17, 15) is 9.59 Å². The second-order valence-electron chi connectivity index (χ2n) is 6.84. The molecule has 0 saturated carbocycles. The van der Waals surface area contributed by atoms with Gasteiger partial charge in [0.1, 0.15) is 0 Å². The fourth-order valence-electron chi connectivity index (χ4n) is 2.32. The molecule has 2 aromatic carbocycles. The van der Waals surface area contributed by atoms with Crippen molar-refractivity contribution in [3.05, 3.63) is 69.2 Å². The van der Waals surface area contributed by atoms with Crippen LogP contribution in [0.15, 0.2) is 42.5 Å². The second kappa shape index (κ2) is 7.87. The Morgan fingerprint density at radius 2 is 1.50 bits per heavy atom. The van der Waals surface area contributed by atoms with Crippen molar-refractivity contribution >= 4 is 46.8 Å². The largest absolute Gasteiger partial charge is 0.289 e. The molecule has 26 heavy (non-hydrogen) atoms. The van der Waals surface area contributed by atoms with Crippen LogP contribution in [0, 0.1) is 6.92 Å². The van der Waals surface area contributed by atoms with Gasteiger partial charge in [0.25, 0.3) is 11.8 Å². The quantitative estimate of drug-likeness (QED) is 0.464. The number of aryl methyl sites for hydroxylation is 1. The van der Waals surface area contributed by atoms with E-state index in [1.54, 1.807) is 32.9 Å². The Labute approximate surface area is 168 Å². The van der Waals surface area contributed by atoms with Gasteiger partial charge in [-0.3, -0.25) is 9.59 Å². The number of nitrogens with zero attached hydrogens (tertiary/aromatic N) is 2. The van der Waals surface area contributed by atoms with E-state index in [0.29, 0.717) is 10.6 Å². The minimum absolute atomic E-state index is 0.150. The topological polar surface area (TPSA) is 40.6 Å². The van der Waals surface area contributed by atoms with Crippen LogP contribution in [0.25, 0.3) is 0 Å². The summed E-state index contributed by atoms with van der Waals surface area (Å²) in [6.07, 6.45) is 0. The summed E-state index contributed by atoms with van der Waals surface area (Å²) in [5.74, 6) is -1.02. The Morgan fingerprint density at radius 3 is 2.00 bits per heavy atom. The summed E-state index contributed by atoms with van der Waals surface area (Å²) in [6.45, 7) is 7.28. The second-order valence-corrected chi connectivity index (χ2v) is 8.01. The molecule has 138 valence electrons. The molecule has 0 bridgehead atoms. The highest BCUT2D eigenvalue weighted by atomic mass is 35.5. The summed E-state index contributed by atoms with van der Waals surface area (Å²) in [6, 6.07) is 11.5. The third-order valence-electron chi connectivity index (χ3n) is 3.63. The fourth-order valence-corrected chi connectivity index (χ4v) is 3.20. The molecular weight excluding hydrogens is 395 g/mol. The summed E-state index contributed by atoms with van der Waals surface area (Å²) in [7, 11) is 0. The number of hydrogen-bond donors (Lipinski definition) is 0. The van der Waals surface area contributed by atoms with Crippen LogP contribution in [0.4, 0.5) is 0 Å². The number of carbonyl (C=O) groups is 2. The van der Waals surface area contributed by atoms with E-state index in [0.717, 1.165) is 10.1 Å². The Balaban J connectivity index is 2.41. The lowest BCUT2D eigenvalue weighted by atomic mass is 10.1. The van der Waals surface area contributed by atoms with Crippen molar-refractivity contribution in [2.45, 2.75) is 33.2 Å². The lowest BCUT2D eigenvalue weighted by Crippen LogP contribution is -2.54. The molecule has 0 atom stereocenters. The summed E-state index contributed by atoms with van der Waals surface area (Å²) in [5, 5.41) is 1.76. The van der Waals surface area contributed by atoms with Gasteiger partial charge in [0.2, 0.25) is 0 Å². The Hall–Kier alpha value is -1.75. The van der Waals surface area contributed by atoms with Gasteiger partial charge in [0, 0.05) is 22.4 Å². The molecule has 0 aliphatic rings. The third kappa shape index (κ3) is 4.50. The van der Waals surface area contributed by atoms with Crippen LogP contribution < -0.4 is 0 Å². The van der Waals surface area contributed by atoms with E-state index in [4.69, 9.17) is 35.0 Å². The van der Waals surface area contributed by atoms with Crippen LogP contribution in [-0.4, -0.2) is 26.9 Å². The maximum absolute atomic E-state index is 13.0. The highest BCUT2D eigenvalue weighted by Crippen LogP contribution is 2.27. The van der Waals surface area contributed by atoms with E-state index in [2.05, 4.69) is 0 Å². The number of rotatable bonds is 2. The normalized spacial score (nSPS) is 11.2. The predicted molar refractivity (Wildman–Crippen MR) is 106 cm³/mol. The zero-order valence-corrected chi connectivity index (χ0v) is 17.2. The van der Waals surface area contributed by atoms with Gasteiger partial charge >= 0.3 is 0 Å². The van der Waals surface area contributed by atoms with Gasteiger partial charge < -0.3 is 0 Å². The third-order valence-corrected chi connectivity index (χ3v) is 4.48. The molecular formula is C19H19Cl3N2O2. The van der Waals surface area contributed by atoms with Crippen LogP contribution in [0.3, 0.4) is 0 Å². The number of halogens is 3. The molecule has 0 N–H and O–H groups in total. The molecule has 7 heteroatoms. The molecule has 4 nitrogen and oxygen atoms in total. The van der Waals surface area contributed by atoms with Crippen molar-refractivity contribution in [3.8, 4) is 0 Å². The highest BCUT2D eigenvalue weighted by molar-refractivity contribution is 6.37. The average molecular weight is 414 g/mol. The first kappa shape index (κ1) is 20.6. The van der Waals surface area contributed by atoms with Crippen molar-refractivity contribution in [1.82, 2.24) is 9.54 Å². The minimum atomic E-state index is -0.752. The van der Waals surface area contributed by atoms with Crippen LogP contribution in [0.2, 0.25) is 10.0 Å². The van der Waals surface area contributed by atoms with Gasteiger partial charge in [0.15, 0.2) is 0 Å². The fraction of sp³-hybridized carbons (Fsp3) is 0.263. The first-order chi connectivity index (χ1) is 12.0. The van der Waals surface area contributed by atoms with Gasteiger partial charge in [-0.25, -0.2) is 5.01 Å². The van der Waals surface area contributed by atoms with E-state index in [1.807, 2.05) is 19.1 Å². The molecule has 0 aromatic heterocycles. The SMILES string of the molecule is Cc1ccc(C(=O)N(N(Cl)C(=O)c2ccc(Cl)cc2Cl)C(C)(C)C)cc1. The monoisotopic (exact) mass is 412 g/mol. The highest BCUT2D eigenvalue weighted by Gasteiger charge is 2.36. The van der Waals surface area contributed by atoms with Crippen molar-refractivity contribution < 1.29 is 9.59 Å². The molecule has 0 unspecified atom stereocenters. The summed E-state index contributed by atoms with van der Waals surface area (Å²) in [4.78, 5) is 25.8. The zero-order chi connectivity index (χ0) is 19.6. The minimum Gasteiger partial charge on any atom is -0.267 e. The average Bonchev–Trinajstić information content (AvgIpc) is 2.53. The maximum atomic E-state index is 13.0. The van der Waals surface area contributed by atoms with Crippen LogP contribution in [0.1, 0.15) is 47.1 Å². The van der Waals surface area contributed by atoms with Crippen molar-refractivity contribution in [1.29, 1.82) is 0 Å². The smallest absolute Gasteiger partial charge is 0.267 e. The van der Waals surface area contributed by atoms with Crippen molar-refractivity contribution in [3.63, 3.8) is 0 Å². The van der Waals surface area contributed by atoms with E-state index >= 15 is 0 Å². The predicted octanol–water partition coefficient (Wildman–Crippen LogP) is 5.75. The van der Waals surface area contributed by atoms with E-state index in [-0.39, 0.29) is 10.6 Å². The van der Waals surface area contributed by atoms with Crippen molar-refractivity contribution in [2.24, 2.45) is 0 Å². The van der Waals surface area contributed by atoms with Crippen LogP contribution in [0.5, 0.6) is 0 Å². The summed E-state index contributed by atoms with van der Waals surface area (Å²) in [5.41, 5.74) is 0.844. The van der Waals surface area contributed by atoms with Crippen LogP contribution in [-0.2, 0) is 0 Å². The molecule has 0 saturated heterocycles. The summed E-state index contributed by atoms with van der Waals surface area (Å²) < 4.78 is 0.775. The maximum Gasteiger partial charge on any atom is 0.289 e. The van der Waals surface area contributed by atoms with E-state index < -0.39 is 17.4 Å². The van der Waals surface area contributed by atoms with Gasteiger partial charge in [0.05, 0.1) is 16.1 Å². The molecule has 0 heterocycles. The van der Waals surface area contributed by atoms with Gasteiger partial charge in [-0.15, -0.1) is 0 Å². The Morgan fingerprint density at radius 1 is 0.923 bits per heavy atom. The molecule has 2 amide bonds. The zero-order valence-electron chi connectivity index (χ0n) is 14.9. The number of carbonyl (C=O) groups excluding carboxylic acids is 2. The molecule has 2 aromatic rings. The lowest BCUT2D eigenvalue weighted by Gasteiger charge is -2.39. The van der Waals surface area contributed by atoms with Crippen molar-refractivity contribution in [2.75, 3.05) is 0 Å². The number of hydrogen-bond acceptors (Lipinski definition) is 2. The Bertz CT molecular complexity index is 830. The van der Waals surface area contributed by atoms with Crippen LogP contribution >= 0.6 is 35.0 Å². The number of hydrazine groups is 1. The van der Waals surface area contributed by atoms with E-state index in [1.165, 1.54) is 23.2 Å². The standard InChI is InChI=1S/C19H19Cl3N2O2/c1-12-5-7-13(8-6-12)17(25)23(19(2,3)4)24(22)18(26)15-10-9-14(20)11-16(15)21/h5-11H,1-4H3. The van der Waals surface area contributed by atoms with Gasteiger partial charge in [-0.2, -0.15) is 4.53 Å². The first-order valence-corrected chi connectivity index (χ1v) is 8.98. The molecule has 0 aliphatic carbocycles. The number of amides is 2. The summed E-state index contributed by atoms with van der Waals surface area (Å²) >= 11 is 18.3. The molecule has 2 rings (SSSR count). The van der Waals surface area contributed by atoms with Gasteiger partial charge in [-0.05, 0) is 58.0 Å². The molecule has 0 aliphatic heterocycles. The Kier molecular flexibility index (Phi) is 6.22. The molecule has 0 fully saturated rings. The lowest BCUT2D eigenvalue weighted by molar-refractivity contribution is -0.00370.